The molecule has 0 radical (unpaired) electrons. The van der Waals surface area contributed by atoms with Crippen molar-refractivity contribution < 1.29 is 0 Å². The number of benzene rings is 7. The summed E-state index contributed by atoms with van der Waals surface area (Å²) in [6.07, 6.45) is 0. The Balaban J connectivity index is 1.22. The molecule has 10 aromatic rings. The quantitative estimate of drug-likeness (QED) is 0.163. The zero-order valence-electron chi connectivity index (χ0n) is 29.4. The summed E-state index contributed by atoms with van der Waals surface area (Å²) in [6.45, 7) is 0. The van der Waals surface area contributed by atoms with Crippen molar-refractivity contribution in [2.45, 2.75) is 0 Å². The zero-order valence-corrected chi connectivity index (χ0v) is 30.2. The molecule has 0 aliphatic rings. The van der Waals surface area contributed by atoms with Gasteiger partial charge in [-0.15, -0.1) is 11.3 Å². The molecule has 0 aliphatic heterocycles. The molecule has 6 nitrogen and oxygen atoms in total. The molecule has 0 fully saturated rings. The van der Waals surface area contributed by atoms with E-state index in [9.17, 15) is 0 Å². The summed E-state index contributed by atoms with van der Waals surface area (Å²) in [5, 5.41) is 2.23. The maximum absolute atomic E-state index is 5.19. The van der Waals surface area contributed by atoms with Gasteiger partial charge in [0, 0.05) is 53.6 Å². The van der Waals surface area contributed by atoms with Gasteiger partial charge in [-0.1, -0.05) is 158 Å². The first-order valence-electron chi connectivity index (χ1n) is 18.0. The molecule has 7 heteroatoms. The number of aromatic nitrogens is 6. The Hall–Kier alpha value is -7.22. The molecule has 0 saturated carbocycles. The first-order valence-corrected chi connectivity index (χ1v) is 18.9. The number of hydrogen-bond acceptors (Lipinski definition) is 7. The van der Waals surface area contributed by atoms with Crippen LogP contribution in [0.4, 0.5) is 0 Å². The van der Waals surface area contributed by atoms with Crippen LogP contribution in [-0.2, 0) is 0 Å². The van der Waals surface area contributed by atoms with E-state index in [0.29, 0.717) is 34.9 Å². The summed E-state index contributed by atoms with van der Waals surface area (Å²) < 4.78 is 2.27. The Labute approximate surface area is 321 Å². The van der Waals surface area contributed by atoms with Gasteiger partial charge >= 0.3 is 0 Å². The number of hydrogen-bond donors (Lipinski definition) is 0. The van der Waals surface area contributed by atoms with Crippen LogP contribution in [0, 0.1) is 0 Å². The predicted molar refractivity (Wildman–Crippen MR) is 224 cm³/mol. The topological polar surface area (TPSA) is 77.3 Å². The second kappa shape index (κ2) is 14.0. The van der Waals surface area contributed by atoms with E-state index in [1.54, 1.807) is 11.3 Å². The van der Waals surface area contributed by atoms with Crippen molar-refractivity contribution in [1.82, 2.24) is 29.9 Å². The van der Waals surface area contributed by atoms with Crippen molar-refractivity contribution in [3.05, 3.63) is 182 Å². The van der Waals surface area contributed by atoms with Gasteiger partial charge in [-0.3, -0.25) is 0 Å². The third-order valence-corrected chi connectivity index (χ3v) is 10.7. The highest BCUT2D eigenvalue weighted by Crippen LogP contribution is 2.42. The van der Waals surface area contributed by atoms with E-state index in [1.807, 2.05) is 97.1 Å². The highest BCUT2D eigenvalue weighted by molar-refractivity contribution is 7.26. The van der Waals surface area contributed by atoms with Gasteiger partial charge in [-0.25, -0.2) is 29.9 Å². The van der Waals surface area contributed by atoms with Crippen LogP contribution >= 0.6 is 11.3 Å². The van der Waals surface area contributed by atoms with Crippen LogP contribution in [0.2, 0.25) is 0 Å². The summed E-state index contributed by atoms with van der Waals surface area (Å²) >= 11 is 1.74. The largest absolute Gasteiger partial charge is 0.208 e. The SMILES string of the molecule is c1ccc(-c2cccc(-c3nc(-c4ccccc4)nc(-c4cc(-c5nc(-c6ccccc6)nc(-c6ccccc6)n5)c5c(c4)sc4ccccc45)n3)c2)cc1. The molecular weight excluding hydrogens is 693 g/mol. The summed E-state index contributed by atoms with van der Waals surface area (Å²) in [5.74, 6) is 3.55. The third kappa shape index (κ3) is 6.33. The average Bonchev–Trinajstić information content (AvgIpc) is 3.66. The molecule has 258 valence electrons. The number of rotatable bonds is 7. The average molecular weight is 723 g/mol. The third-order valence-electron chi connectivity index (χ3n) is 9.57. The Morgan fingerprint density at radius 2 is 0.691 bits per heavy atom. The van der Waals surface area contributed by atoms with Crippen LogP contribution in [-0.4, -0.2) is 29.9 Å². The fraction of sp³-hybridized carbons (Fsp3) is 0. The molecule has 0 aliphatic carbocycles. The minimum Gasteiger partial charge on any atom is -0.208 e. The molecule has 0 spiro atoms. The molecule has 0 bridgehead atoms. The van der Waals surface area contributed by atoms with Crippen molar-refractivity contribution in [1.29, 1.82) is 0 Å². The van der Waals surface area contributed by atoms with Gasteiger partial charge in [-0.05, 0) is 35.4 Å². The van der Waals surface area contributed by atoms with Crippen LogP contribution in [0.5, 0.6) is 0 Å². The van der Waals surface area contributed by atoms with Crippen LogP contribution in [0.3, 0.4) is 0 Å². The minimum absolute atomic E-state index is 0.565. The maximum Gasteiger partial charge on any atom is 0.164 e. The first kappa shape index (κ1) is 32.4. The van der Waals surface area contributed by atoms with Gasteiger partial charge in [0.1, 0.15) is 0 Å². The lowest BCUT2D eigenvalue weighted by Gasteiger charge is -2.12. The van der Waals surface area contributed by atoms with E-state index in [4.69, 9.17) is 29.9 Å². The predicted octanol–water partition coefficient (Wildman–Crippen LogP) is 12.1. The lowest BCUT2D eigenvalue weighted by atomic mass is 10.0. The molecule has 3 heterocycles. The van der Waals surface area contributed by atoms with Gasteiger partial charge < -0.3 is 0 Å². The molecular formula is C48H30N6S. The standard InChI is InChI=1S/C48H30N6S/c1-5-16-31(17-6-1)35-24-15-25-36(28-35)46-50-43(32-18-7-2-8-19-32)51-47(52-46)37-29-39(42-38-26-13-14-27-40(38)55-41(42)30-37)48-53-44(33-20-9-3-10-21-33)49-45(54-48)34-22-11-4-12-23-34/h1-30H. The van der Waals surface area contributed by atoms with Crippen LogP contribution < -0.4 is 0 Å². The van der Waals surface area contributed by atoms with Gasteiger partial charge in [0.15, 0.2) is 34.9 Å². The zero-order chi connectivity index (χ0) is 36.6. The molecule has 7 aromatic carbocycles. The Bertz CT molecular complexity index is 2910. The van der Waals surface area contributed by atoms with Crippen molar-refractivity contribution in [3.63, 3.8) is 0 Å². The Morgan fingerprint density at radius 3 is 1.25 bits per heavy atom. The van der Waals surface area contributed by atoms with E-state index >= 15 is 0 Å². The van der Waals surface area contributed by atoms with Gasteiger partial charge in [-0.2, -0.15) is 0 Å². The first-order chi connectivity index (χ1) is 27.2. The van der Waals surface area contributed by atoms with Crippen LogP contribution in [0.1, 0.15) is 0 Å². The van der Waals surface area contributed by atoms with E-state index in [2.05, 4.69) is 84.9 Å². The van der Waals surface area contributed by atoms with Gasteiger partial charge in [0.25, 0.3) is 0 Å². The summed E-state index contributed by atoms with van der Waals surface area (Å²) in [5.41, 5.74) is 7.59. The highest BCUT2D eigenvalue weighted by Gasteiger charge is 2.21. The molecule has 0 N–H and O–H groups in total. The van der Waals surface area contributed by atoms with E-state index in [-0.39, 0.29) is 0 Å². The Kier molecular flexibility index (Phi) is 8.24. The molecule has 0 unspecified atom stereocenters. The molecule has 10 rings (SSSR count). The highest BCUT2D eigenvalue weighted by atomic mass is 32.1. The number of thiophene rings is 1. The summed E-state index contributed by atoms with van der Waals surface area (Å²) in [4.78, 5) is 30.7. The number of nitrogens with zero attached hydrogens (tertiary/aromatic N) is 6. The van der Waals surface area contributed by atoms with Crippen molar-refractivity contribution in [2.24, 2.45) is 0 Å². The monoisotopic (exact) mass is 722 g/mol. The lowest BCUT2D eigenvalue weighted by Crippen LogP contribution is -2.02. The molecule has 0 saturated heterocycles. The maximum atomic E-state index is 5.19. The minimum atomic E-state index is 0.565. The molecule has 55 heavy (non-hydrogen) atoms. The van der Waals surface area contributed by atoms with Crippen molar-refractivity contribution >= 4 is 31.5 Å². The Morgan fingerprint density at radius 1 is 0.273 bits per heavy atom. The fourth-order valence-corrected chi connectivity index (χ4v) is 8.08. The molecule has 0 amide bonds. The normalized spacial score (nSPS) is 11.3. The van der Waals surface area contributed by atoms with E-state index in [0.717, 1.165) is 60.0 Å². The lowest BCUT2D eigenvalue weighted by molar-refractivity contribution is 1.07. The molecule has 0 atom stereocenters. The van der Waals surface area contributed by atoms with Crippen LogP contribution in [0.25, 0.3) is 99.6 Å². The van der Waals surface area contributed by atoms with Crippen molar-refractivity contribution in [3.8, 4) is 79.5 Å². The molecule has 3 aromatic heterocycles. The summed E-state index contributed by atoms with van der Waals surface area (Å²) in [7, 11) is 0. The fourth-order valence-electron chi connectivity index (χ4n) is 6.91. The van der Waals surface area contributed by atoms with Gasteiger partial charge in [0.05, 0.1) is 0 Å². The smallest absolute Gasteiger partial charge is 0.164 e. The van der Waals surface area contributed by atoms with Crippen molar-refractivity contribution in [2.75, 3.05) is 0 Å². The van der Waals surface area contributed by atoms with Crippen LogP contribution in [0.15, 0.2) is 182 Å². The second-order valence-corrected chi connectivity index (χ2v) is 14.2. The van der Waals surface area contributed by atoms with Gasteiger partial charge in [0.2, 0.25) is 0 Å². The summed E-state index contributed by atoms with van der Waals surface area (Å²) in [6, 6.07) is 61.8. The van der Waals surface area contributed by atoms with E-state index < -0.39 is 0 Å². The number of fused-ring (bicyclic) bond motifs is 3. The second-order valence-electron chi connectivity index (χ2n) is 13.2. The van der Waals surface area contributed by atoms with E-state index in [1.165, 1.54) is 4.70 Å².